The molecule has 3 rings (SSSR count). The lowest BCUT2D eigenvalue weighted by Gasteiger charge is -2.29. The van der Waals surface area contributed by atoms with Gasteiger partial charge in [0.05, 0.1) is 11.8 Å². The molecular formula is C17H15N3O5. The van der Waals surface area contributed by atoms with Crippen LogP contribution in [0.4, 0.5) is 5.88 Å². The molecule has 0 radical (unpaired) electrons. The minimum atomic E-state index is -0.730. The molecule has 0 spiro atoms. The van der Waals surface area contributed by atoms with Gasteiger partial charge in [0.2, 0.25) is 5.76 Å². The van der Waals surface area contributed by atoms with Gasteiger partial charge in [-0.1, -0.05) is 18.6 Å². The predicted octanol–water partition coefficient (Wildman–Crippen LogP) is 2.70. The van der Waals surface area contributed by atoms with Gasteiger partial charge in [0.25, 0.3) is 5.91 Å². The molecule has 1 aromatic heterocycles. The van der Waals surface area contributed by atoms with E-state index in [0.717, 1.165) is 17.2 Å². The van der Waals surface area contributed by atoms with Gasteiger partial charge in [0.15, 0.2) is 0 Å². The zero-order valence-electron chi connectivity index (χ0n) is 13.6. The second kappa shape index (κ2) is 6.31. The number of nitro groups is 1. The molecule has 0 bridgehead atoms. The largest absolute Gasteiger partial charge is 0.433 e. The number of amides is 2. The zero-order chi connectivity index (χ0) is 18.1. The first kappa shape index (κ1) is 16.6. The highest BCUT2D eigenvalue weighted by Crippen LogP contribution is 2.31. The van der Waals surface area contributed by atoms with E-state index in [9.17, 15) is 19.7 Å². The summed E-state index contributed by atoms with van der Waals surface area (Å²) in [4.78, 5) is 37.9. The van der Waals surface area contributed by atoms with Gasteiger partial charge in [-0.3, -0.25) is 19.7 Å². The molecule has 0 fully saturated rings. The topological polar surface area (TPSA) is 115 Å². The van der Waals surface area contributed by atoms with Crippen molar-refractivity contribution < 1.29 is 18.9 Å². The van der Waals surface area contributed by atoms with Gasteiger partial charge < -0.3 is 9.73 Å². The quantitative estimate of drug-likeness (QED) is 0.670. The number of aliphatic imine (C=N–C) groups is 1. The number of nitrogens with zero attached hydrogens (tertiary/aromatic N) is 2. The monoisotopic (exact) mass is 341 g/mol. The molecule has 1 aliphatic heterocycles. The van der Waals surface area contributed by atoms with E-state index in [1.807, 2.05) is 19.9 Å². The lowest BCUT2D eigenvalue weighted by molar-refractivity contribution is -0.402. The summed E-state index contributed by atoms with van der Waals surface area (Å²) in [5.74, 6) is -1.66. The summed E-state index contributed by atoms with van der Waals surface area (Å²) in [6.45, 7) is 3.84. The first-order valence-corrected chi connectivity index (χ1v) is 7.68. The van der Waals surface area contributed by atoms with Crippen LogP contribution in [0.1, 0.15) is 30.8 Å². The van der Waals surface area contributed by atoms with Gasteiger partial charge in [-0.2, -0.15) is 0 Å². The van der Waals surface area contributed by atoms with Crippen LogP contribution in [-0.4, -0.2) is 22.4 Å². The van der Waals surface area contributed by atoms with Crippen molar-refractivity contribution in [2.45, 2.75) is 20.3 Å². The Morgan fingerprint density at radius 2 is 2.20 bits per heavy atom. The maximum atomic E-state index is 12.1. The third-order valence-electron chi connectivity index (χ3n) is 4.14. The molecule has 1 aliphatic carbocycles. The number of carbonyl (C=O) groups excluding carboxylic acids is 2. The summed E-state index contributed by atoms with van der Waals surface area (Å²) in [5, 5.41) is 13.4. The summed E-state index contributed by atoms with van der Waals surface area (Å²) in [5.41, 5.74) is 2.72. The number of rotatable bonds is 3. The molecule has 1 atom stereocenters. The summed E-state index contributed by atoms with van der Waals surface area (Å²) >= 11 is 0. The Kier molecular flexibility index (Phi) is 4.18. The Hall–Kier alpha value is -3.29. The van der Waals surface area contributed by atoms with Gasteiger partial charge in [0.1, 0.15) is 4.92 Å². The first-order chi connectivity index (χ1) is 11.9. The van der Waals surface area contributed by atoms with E-state index < -0.39 is 16.7 Å². The second-order valence-electron chi connectivity index (χ2n) is 5.64. The van der Waals surface area contributed by atoms with Crippen LogP contribution < -0.4 is 5.32 Å². The third kappa shape index (κ3) is 3.06. The van der Waals surface area contributed by atoms with E-state index in [1.165, 1.54) is 6.07 Å². The van der Waals surface area contributed by atoms with Crippen molar-refractivity contribution in [1.29, 1.82) is 0 Å². The van der Waals surface area contributed by atoms with Crippen LogP contribution in [0.25, 0.3) is 0 Å². The van der Waals surface area contributed by atoms with E-state index in [0.29, 0.717) is 17.8 Å². The first-order valence-electron chi connectivity index (χ1n) is 7.68. The number of furan rings is 1. The summed E-state index contributed by atoms with van der Waals surface area (Å²) in [6, 6.07) is 2.30. The fourth-order valence-electron chi connectivity index (χ4n) is 2.88. The van der Waals surface area contributed by atoms with Crippen LogP contribution in [0.3, 0.4) is 0 Å². The molecule has 2 heterocycles. The number of carbonyl (C=O) groups is 2. The summed E-state index contributed by atoms with van der Waals surface area (Å²) in [6.07, 6.45) is 5.80. The molecule has 8 nitrogen and oxygen atoms in total. The van der Waals surface area contributed by atoms with E-state index in [2.05, 4.69) is 10.3 Å². The van der Waals surface area contributed by atoms with Crippen molar-refractivity contribution in [3.05, 3.63) is 63.1 Å². The molecule has 8 heteroatoms. The maximum absolute atomic E-state index is 12.1. The lowest BCUT2D eigenvalue weighted by atomic mass is 9.84. The van der Waals surface area contributed by atoms with Gasteiger partial charge >= 0.3 is 11.8 Å². The highest BCUT2D eigenvalue weighted by Gasteiger charge is 2.29. The lowest BCUT2D eigenvalue weighted by Crippen LogP contribution is -2.36. The van der Waals surface area contributed by atoms with Crippen LogP contribution >= 0.6 is 0 Å². The van der Waals surface area contributed by atoms with Crippen molar-refractivity contribution in [3.63, 3.8) is 0 Å². The van der Waals surface area contributed by atoms with Crippen LogP contribution in [0, 0.1) is 16.0 Å². The van der Waals surface area contributed by atoms with Gasteiger partial charge in [-0.05, 0) is 31.6 Å². The Bertz CT molecular complexity index is 901. The fraction of sp³-hybridized carbons (Fsp3) is 0.235. The van der Waals surface area contributed by atoms with Crippen LogP contribution in [0.5, 0.6) is 0 Å². The average Bonchev–Trinajstić information content (AvgIpc) is 3.05. The molecule has 1 unspecified atom stereocenters. The van der Waals surface area contributed by atoms with Gasteiger partial charge in [-0.25, -0.2) is 4.99 Å². The highest BCUT2D eigenvalue weighted by molar-refractivity contribution is 6.13. The minimum Gasteiger partial charge on any atom is -0.395 e. The molecule has 2 amide bonds. The Morgan fingerprint density at radius 1 is 1.44 bits per heavy atom. The fourth-order valence-corrected chi connectivity index (χ4v) is 2.88. The molecule has 1 N–H and O–H groups in total. The molecule has 0 saturated carbocycles. The molecule has 128 valence electrons. The Morgan fingerprint density at radius 3 is 2.84 bits per heavy atom. The van der Waals surface area contributed by atoms with Crippen LogP contribution in [0.2, 0.25) is 0 Å². The van der Waals surface area contributed by atoms with Gasteiger partial charge in [0, 0.05) is 17.2 Å². The minimum absolute atomic E-state index is 0.0496. The Balaban J connectivity index is 1.86. The van der Waals surface area contributed by atoms with E-state index in [1.54, 1.807) is 12.2 Å². The molecule has 0 saturated heterocycles. The standard InChI is InChI=1S/C17H15N3O5/c1-3-11-9(2)12-5-4-10(8-13(12)19-16(11)21)18-17(22)14-6-7-15(25-14)20(23)24/h4-8,12H,3H2,1-2H3,(H,19,21). The molecular weight excluding hydrogens is 326 g/mol. The van der Waals surface area contributed by atoms with E-state index >= 15 is 0 Å². The number of hydrogen-bond donors (Lipinski definition) is 1. The molecule has 25 heavy (non-hydrogen) atoms. The number of nitrogens with one attached hydrogen (secondary N) is 1. The normalized spacial score (nSPS) is 21.0. The van der Waals surface area contributed by atoms with Gasteiger partial charge in [-0.15, -0.1) is 0 Å². The van der Waals surface area contributed by atoms with Crippen molar-refractivity contribution >= 4 is 23.4 Å². The zero-order valence-corrected chi connectivity index (χ0v) is 13.6. The van der Waals surface area contributed by atoms with Crippen molar-refractivity contribution in [3.8, 4) is 0 Å². The van der Waals surface area contributed by atoms with Crippen LogP contribution in [0.15, 0.2) is 56.6 Å². The van der Waals surface area contributed by atoms with E-state index in [4.69, 9.17) is 4.42 Å². The van der Waals surface area contributed by atoms with Crippen molar-refractivity contribution in [2.24, 2.45) is 10.9 Å². The SMILES string of the molecule is CCC1=C(C)C2C=CC(=NC(=O)c3ccc([N+](=O)[O-])o3)C=C2NC1=O. The molecule has 2 aliphatic rings. The highest BCUT2D eigenvalue weighted by atomic mass is 16.6. The third-order valence-corrected chi connectivity index (χ3v) is 4.14. The molecule has 1 aromatic rings. The Labute approximate surface area is 142 Å². The number of hydrogen-bond acceptors (Lipinski definition) is 5. The maximum Gasteiger partial charge on any atom is 0.433 e. The van der Waals surface area contributed by atoms with E-state index in [-0.39, 0.29) is 17.6 Å². The second-order valence-corrected chi connectivity index (χ2v) is 5.64. The van der Waals surface area contributed by atoms with Crippen molar-refractivity contribution in [2.75, 3.05) is 0 Å². The number of allylic oxidation sites excluding steroid dienone is 3. The summed E-state index contributed by atoms with van der Waals surface area (Å²) in [7, 11) is 0. The summed E-state index contributed by atoms with van der Waals surface area (Å²) < 4.78 is 4.84. The van der Waals surface area contributed by atoms with Crippen molar-refractivity contribution in [1.82, 2.24) is 5.32 Å². The average molecular weight is 341 g/mol. The molecule has 0 aromatic carbocycles. The number of fused-ring (bicyclic) bond motifs is 1. The predicted molar refractivity (Wildman–Crippen MR) is 89.0 cm³/mol. The van der Waals surface area contributed by atoms with Crippen LogP contribution in [-0.2, 0) is 4.79 Å². The smallest absolute Gasteiger partial charge is 0.395 e.